The highest BCUT2D eigenvalue weighted by Crippen LogP contribution is 2.31. The third kappa shape index (κ3) is 3.36. The van der Waals surface area contributed by atoms with Crippen LogP contribution in [0.3, 0.4) is 0 Å². The molecule has 17 heavy (non-hydrogen) atoms. The van der Waals surface area contributed by atoms with Gasteiger partial charge in [-0.3, -0.25) is 9.48 Å². The minimum absolute atomic E-state index is 0.0982. The van der Waals surface area contributed by atoms with Gasteiger partial charge in [0.05, 0.1) is 25.9 Å². The van der Waals surface area contributed by atoms with Crippen LogP contribution in [0.15, 0.2) is 26.0 Å². The molecule has 0 aliphatic rings. The molecule has 0 fully saturated rings. The van der Waals surface area contributed by atoms with E-state index in [1.165, 1.54) is 11.3 Å². The molecule has 90 valence electrons. The molecule has 2 aromatic heterocycles. The summed E-state index contributed by atoms with van der Waals surface area (Å²) in [6, 6.07) is 1.79. The first kappa shape index (κ1) is 12.7. The van der Waals surface area contributed by atoms with Crippen LogP contribution in [-0.2, 0) is 6.54 Å². The van der Waals surface area contributed by atoms with Crippen LogP contribution in [0.25, 0.3) is 0 Å². The average Bonchev–Trinajstić information content (AvgIpc) is 2.88. The highest BCUT2D eigenvalue weighted by Gasteiger charge is 2.12. The van der Waals surface area contributed by atoms with Crippen molar-refractivity contribution >= 4 is 49.1 Å². The topological polar surface area (TPSA) is 59.8 Å². The van der Waals surface area contributed by atoms with Gasteiger partial charge in [-0.05, 0) is 37.9 Å². The number of carbonyl (C=O) groups excluding carboxylic acids is 1. The molecule has 0 aromatic carbocycles. The van der Waals surface area contributed by atoms with E-state index < -0.39 is 0 Å². The summed E-state index contributed by atoms with van der Waals surface area (Å²) in [5.41, 5.74) is 0.639. The molecule has 0 aliphatic heterocycles. The lowest BCUT2D eigenvalue weighted by Crippen LogP contribution is -2.27. The van der Waals surface area contributed by atoms with Crippen molar-refractivity contribution in [1.29, 1.82) is 0 Å². The molecule has 2 aromatic rings. The van der Waals surface area contributed by atoms with Crippen LogP contribution >= 0.6 is 43.2 Å². The monoisotopic (exact) mass is 378 g/mol. The normalized spacial score (nSPS) is 10.5. The largest absolute Gasteiger partial charge is 0.350 e. The van der Waals surface area contributed by atoms with Gasteiger partial charge in [-0.25, -0.2) is 0 Å². The zero-order valence-electron chi connectivity index (χ0n) is 8.56. The molecule has 0 unspecified atom stereocenters. The van der Waals surface area contributed by atoms with Crippen LogP contribution in [0.5, 0.6) is 0 Å². The number of nitrogens with zero attached hydrogens (tertiary/aromatic N) is 3. The maximum Gasteiger partial charge on any atom is 0.253 e. The second kappa shape index (κ2) is 5.74. The van der Waals surface area contributed by atoms with E-state index in [2.05, 4.69) is 47.5 Å². The van der Waals surface area contributed by atoms with E-state index >= 15 is 0 Å². The van der Waals surface area contributed by atoms with E-state index in [1.54, 1.807) is 23.1 Å². The summed E-state index contributed by atoms with van der Waals surface area (Å²) < 4.78 is 3.41. The highest BCUT2D eigenvalue weighted by molar-refractivity contribution is 9.12. The molecule has 0 saturated carbocycles. The summed E-state index contributed by atoms with van der Waals surface area (Å²) >= 11 is 8.16. The lowest BCUT2D eigenvalue weighted by Gasteiger charge is -2.03. The third-order valence-electron chi connectivity index (χ3n) is 2.00. The lowest BCUT2D eigenvalue weighted by atomic mass is 10.3. The summed E-state index contributed by atoms with van der Waals surface area (Å²) in [4.78, 5) is 11.8. The van der Waals surface area contributed by atoms with E-state index in [-0.39, 0.29) is 5.91 Å². The third-order valence-corrected chi connectivity index (χ3v) is 4.34. The molecule has 0 radical (unpaired) electrons. The predicted molar refractivity (Wildman–Crippen MR) is 72.1 cm³/mol. The standard InChI is InChI=1S/C9H8Br2N4OS/c10-7-5-6(8(11)17-7)9(16)12-1-3-15-4-2-13-14-15/h2,4-5H,1,3H2,(H,12,16). The number of carbonyl (C=O) groups is 1. The van der Waals surface area contributed by atoms with Crippen LogP contribution in [-0.4, -0.2) is 27.4 Å². The van der Waals surface area contributed by atoms with Crippen LogP contribution in [0.4, 0.5) is 0 Å². The number of nitrogens with one attached hydrogen (secondary N) is 1. The summed E-state index contributed by atoms with van der Waals surface area (Å²) in [6.07, 6.45) is 3.36. The van der Waals surface area contributed by atoms with E-state index in [0.29, 0.717) is 18.7 Å². The molecule has 0 saturated heterocycles. The number of hydrogen-bond donors (Lipinski definition) is 1. The van der Waals surface area contributed by atoms with Gasteiger partial charge in [-0.2, -0.15) is 0 Å². The zero-order valence-corrected chi connectivity index (χ0v) is 12.5. The Morgan fingerprint density at radius 3 is 2.94 bits per heavy atom. The Morgan fingerprint density at radius 1 is 1.53 bits per heavy atom. The molecule has 0 spiro atoms. The predicted octanol–water partition coefficient (Wildman–Crippen LogP) is 2.29. The maximum atomic E-state index is 11.8. The van der Waals surface area contributed by atoms with E-state index in [0.717, 1.165) is 7.57 Å². The fourth-order valence-electron chi connectivity index (χ4n) is 1.23. The van der Waals surface area contributed by atoms with Gasteiger partial charge >= 0.3 is 0 Å². The van der Waals surface area contributed by atoms with Gasteiger partial charge < -0.3 is 5.32 Å². The zero-order chi connectivity index (χ0) is 12.3. The van der Waals surface area contributed by atoms with Gasteiger partial charge in [-0.15, -0.1) is 16.4 Å². The van der Waals surface area contributed by atoms with Gasteiger partial charge in [-0.1, -0.05) is 5.21 Å². The van der Waals surface area contributed by atoms with Crippen molar-refractivity contribution in [3.05, 3.63) is 31.6 Å². The van der Waals surface area contributed by atoms with Gasteiger partial charge in [0.2, 0.25) is 0 Å². The van der Waals surface area contributed by atoms with Crippen molar-refractivity contribution in [2.24, 2.45) is 0 Å². The van der Waals surface area contributed by atoms with Crippen LogP contribution in [0, 0.1) is 0 Å². The first-order valence-electron chi connectivity index (χ1n) is 4.74. The van der Waals surface area contributed by atoms with E-state index in [1.807, 2.05) is 0 Å². The number of amides is 1. The maximum absolute atomic E-state index is 11.8. The van der Waals surface area contributed by atoms with Gasteiger partial charge in [0.1, 0.15) is 0 Å². The number of halogens is 2. The molecule has 2 rings (SSSR count). The number of hydrogen-bond acceptors (Lipinski definition) is 4. The number of rotatable bonds is 4. The Hall–Kier alpha value is -0.730. The highest BCUT2D eigenvalue weighted by atomic mass is 79.9. The van der Waals surface area contributed by atoms with Gasteiger partial charge in [0.15, 0.2) is 0 Å². The summed E-state index contributed by atoms with van der Waals surface area (Å²) in [5.74, 6) is -0.0982. The molecule has 8 heteroatoms. The number of thiophene rings is 1. The second-order valence-corrected chi connectivity index (χ2v) is 6.91. The molecule has 1 N–H and O–H groups in total. The Bertz CT molecular complexity index is 511. The molecule has 0 aliphatic carbocycles. The van der Waals surface area contributed by atoms with Crippen molar-refractivity contribution < 1.29 is 4.79 Å². The minimum Gasteiger partial charge on any atom is -0.350 e. The Kier molecular flexibility index (Phi) is 4.30. The van der Waals surface area contributed by atoms with Crippen LogP contribution < -0.4 is 5.32 Å². The summed E-state index contributed by atoms with van der Waals surface area (Å²) in [6.45, 7) is 1.12. The van der Waals surface area contributed by atoms with Crippen molar-refractivity contribution in [3.63, 3.8) is 0 Å². The second-order valence-electron chi connectivity index (χ2n) is 3.16. The van der Waals surface area contributed by atoms with Crippen LogP contribution in [0.2, 0.25) is 0 Å². The molecule has 0 atom stereocenters. The Labute approximate surface area is 118 Å². The first-order valence-corrected chi connectivity index (χ1v) is 7.14. The van der Waals surface area contributed by atoms with E-state index in [9.17, 15) is 4.79 Å². The molecular formula is C9H8Br2N4OS. The number of aromatic nitrogens is 3. The van der Waals surface area contributed by atoms with Crippen LogP contribution in [0.1, 0.15) is 10.4 Å². The van der Waals surface area contributed by atoms with E-state index in [4.69, 9.17) is 0 Å². The smallest absolute Gasteiger partial charge is 0.253 e. The molecule has 2 heterocycles. The minimum atomic E-state index is -0.0982. The fourth-order valence-corrected chi connectivity index (χ4v) is 4.02. The quantitative estimate of drug-likeness (QED) is 0.886. The molecule has 0 bridgehead atoms. The fraction of sp³-hybridized carbons (Fsp3) is 0.222. The van der Waals surface area contributed by atoms with Crippen molar-refractivity contribution in [2.75, 3.05) is 6.54 Å². The van der Waals surface area contributed by atoms with Crippen molar-refractivity contribution in [2.45, 2.75) is 6.54 Å². The summed E-state index contributed by atoms with van der Waals surface area (Å²) in [7, 11) is 0. The Balaban J connectivity index is 1.87. The van der Waals surface area contributed by atoms with Crippen molar-refractivity contribution in [1.82, 2.24) is 20.3 Å². The molecular weight excluding hydrogens is 372 g/mol. The molecule has 1 amide bonds. The molecule has 5 nitrogen and oxygen atoms in total. The first-order chi connectivity index (χ1) is 8.16. The Morgan fingerprint density at radius 2 is 2.35 bits per heavy atom. The van der Waals surface area contributed by atoms with Gasteiger partial charge in [0.25, 0.3) is 5.91 Å². The SMILES string of the molecule is O=C(NCCn1ccnn1)c1cc(Br)sc1Br. The van der Waals surface area contributed by atoms with Gasteiger partial charge in [0, 0.05) is 12.7 Å². The summed E-state index contributed by atoms with van der Waals surface area (Å²) in [5, 5.41) is 10.3. The van der Waals surface area contributed by atoms with Crippen molar-refractivity contribution in [3.8, 4) is 0 Å². The lowest BCUT2D eigenvalue weighted by molar-refractivity contribution is 0.0951. The average molecular weight is 380 g/mol.